The van der Waals surface area contributed by atoms with Gasteiger partial charge in [0, 0.05) is 24.1 Å². The van der Waals surface area contributed by atoms with Gasteiger partial charge in [-0.25, -0.2) is 0 Å². The number of halogens is 1. The Kier molecular flexibility index (Phi) is 5.86. The molecule has 0 unspecified atom stereocenters. The second-order valence-electron chi connectivity index (χ2n) is 6.59. The molecule has 1 aliphatic heterocycles. The summed E-state index contributed by atoms with van der Waals surface area (Å²) in [4.78, 5) is 12.7. The van der Waals surface area contributed by atoms with Gasteiger partial charge < -0.3 is 19.5 Å². The van der Waals surface area contributed by atoms with E-state index in [2.05, 4.69) is 5.32 Å². The molecule has 5 nitrogen and oxygen atoms in total. The maximum atomic E-state index is 12.7. The lowest BCUT2D eigenvalue weighted by Gasteiger charge is -2.13. The van der Waals surface area contributed by atoms with E-state index in [9.17, 15) is 4.79 Å². The Morgan fingerprint density at radius 2 is 1.72 bits per heavy atom. The van der Waals surface area contributed by atoms with Crippen molar-refractivity contribution in [2.45, 2.75) is 13.0 Å². The highest BCUT2D eigenvalue weighted by molar-refractivity contribution is 6.34. The van der Waals surface area contributed by atoms with Crippen LogP contribution in [0.25, 0.3) is 0 Å². The Labute approximate surface area is 174 Å². The van der Waals surface area contributed by atoms with Crippen molar-refractivity contribution in [3.8, 4) is 17.2 Å². The highest BCUT2D eigenvalue weighted by Crippen LogP contribution is 2.37. The maximum Gasteiger partial charge on any atom is 0.255 e. The molecular formula is C23H20ClNO4. The summed E-state index contributed by atoms with van der Waals surface area (Å²) in [7, 11) is 0. The number of fused-ring (bicyclic) bond motifs is 1. The maximum absolute atomic E-state index is 12.7. The molecule has 3 aromatic rings. The number of nitrogens with one attached hydrogen (secondary N) is 1. The molecule has 4 rings (SSSR count). The Morgan fingerprint density at radius 1 is 0.966 bits per heavy atom. The first-order valence-electron chi connectivity index (χ1n) is 9.36. The van der Waals surface area contributed by atoms with Crippen LogP contribution in [0.4, 0.5) is 5.69 Å². The minimum absolute atomic E-state index is 0.286. The minimum atomic E-state index is -0.286. The number of anilines is 1. The first-order valence-corrected chi connectivity index (χ1v) is 9.74. The molecule has 0 bridgehead atoms. The zero-order chi connectivity index (χ0) is 20.1. The first-order chi connectivity index (χ1) is 14.2. The van der Waals surface area contributed by atoms with Crippen molar-refractivity contribution >= 4 is 23.2 Å². The molecule has 6 heteroatoms. The van der Waals surface area contributed by atoms with E-state index < -0.39 is 0 Å². The molecular weight excluding hydrogens is 390 g/mol. The van der Waals surface area contributed by atoms with Crippen molar-refractivity contribution in [3.05, 3.63) is 82.9 Å². The zero-order valence-electron chi connectivity index (χ0n) is 15.7. The lowest BCUT2D eigenvalue weighted by molar-refractivity contribution is 0.102. The second-order valence-corrected chi connectivity index (χ2v) is 6.99. The van der Waals surface area contributed by atoms with Gasteiger partial charge in [0.25, 0.3) is 5.91 Å². The van der Waals surface area contributed by atoms with Crippen molar-refractivity contribution in [1.29, 1.82) is 0 Å². The van der Waals surface area contributed by atoms with Gasteiger partial charge in [0.2, 0.25) is 0 Å². The van der Waals surface area contributed by atoms with Crippen molar-refractivity contribution in [2.24, 2.45) is 0 Å². The lowest BCUT2D eigenvalue weighted by atomic mass is 10.2. The normalized spacial score (nSPS) is 12.7. The summed E-state index contributed by atoms with van der Waals surface area (Å²) in [5.74, 6) is 1.49. The molecule has 0 saturated heterocycles. The van der Waals surface area contributed by atoms with Crippen LogP contribution in [-0.4, -0.2) is 19.1 Å². The molecule has 0 spiro atoms. The van der Waals surface area contributed by atoms with Crippen LogP contribution in [-0.2, 0) is 6.61 Å². The molecule has 3 aromatic carbocycles. The summed E-state index contributed by atoms with van der Waals surface area (Å²) in [6.45, 7) is 1.56. The van der Waals surface area contributed by atoms with Crippen molar-refractivity contribution < 1.29 is 19.0 Å². The molecule has 1 heterocycles. The third-order valence-corrected chi connectivity index (χ3v) is 4.74. The van der Waals surface area contributed by atoms with Gasteiger partial charge in [-0.3, -0.25) is 4.79 Å². The van der Waals surface area contributed by atoms with E-state index in [1.54, 1.807) is 30.3 Å². The Morgan fingerprint density at radius 3 is 2.52 bits per heavy atom. The number of carbonyl (C=O) groups is 1. The fourth-order valence-electron chi connectivity index (χ4n) is 2.94. The Bertz CT molecular complexity index is 1010. The third kappa shape index (κ3) is 4.81. The van der Waals surface area contributed by atoms with E-state index in [1.165, 1.54) is 0 Å². The summed E-state index contributed by atoms with van der Waals surface area (Å²) in [6.07, 6.45) is 0.795. The van der Waals surface area contributed by atoms with Gasteiger partial charge in [0.15, 0.2) is 11.5 Å². The first kappa shape index (κ1) is 19.2. The van der Waals surface area contributed by atoms with Crippen molar-refractivity contribution in [1.82, 2.24) is 0 Å². The predicted octanol–water partition coefficient (Wildman–Crippen LogP) is 5.33. The molecule has 0 aromatic heterocycles. The third-order valence-electron chi connectivity index (χ3n) is 4.43. The summed E-state index contributed by atoms with van der Waals surface area (Å²) < 4.78 is 17.1. The topological polar surface area (TPSA) is 56.8 Å². The molecule has 29 heavy (non-hydrogen) atoms. The number of carbonyl (C=O) groups excluding carboxylic acids is 1. The molecule has 0 radical (unpaired) electrons. The van der Waals surface area contributed by atoms with E-state index in [4.69, 9.17) is 25.8 Å². The van der Waals surface area contributed by atoms with E-state index in [0.717, 1.165) is 12.0 Å². The molecule has 1 amide bonds. The average Bonchev–Trinajstić information content (AvgIpc) is 2.98. The fraction of sp³-hybridized carbons (Fsp3) is 0.174. The van der Waals surface area contributed by atoms with Crippen LogP contribution in [0.5, 0.6) is 17.2 Å². The quantitative estimate of drug-likeness (QED) is 0.618. The predicted molar refractivity (Wildman–Crippen MR) is 112 cm³/mol. The summed E-state index contributed by atoms with van der Waals surface area (Å²) in [6, 6.07) is 20.2. The monoisotopic (exact) mass is 409 g/mol. The Balaban J connectivity index is 1.47. The molecule has 0 atom stereocenters. The Hall–Kier alpha value is -3.18. The van der Waals surface area contributed by atoms with Gasteiger partial charge in [0.05, 0.1) is 23.9 Å². The largest absolute Gasteiger partial charge is 0.490 e. The second kappa shape index (κ2) is 8.88. The molecule has 0 fully saturated rings. The number of amides is 1. The summed E-state index contributed by atoms with van der Waals surface area (Å²) in [5.41, 5.74) is 2.00. The van der Waals surface area contributed by atoms with E-state index >= 15 is 0 Å². The molecule has 0 saturated carbocycles. The van der Waals surface area contributed by atoms with Gasteiger partial charge in [0.1, 0.15) is 12.4 Å². The van der Waals surface area contributed by atoms with Crippen molar-refractivity contribution in [2.75, 3.05) is 18.5 Å². The van der Waals surface area contributed by atoms with Crippen LogP contribution in [0.15, 0.2) is 66.7 Å². The van der Waals surface area contributed by atoms with Crippen LogP contribution >= 0.6 is 11.6 Å². The summed E-state index contributed by atoms with van der Waals surface area (Å²) >= 11 is 6.32. The highest BCUT2D eigenvalue weighted by atomic mass is 35.5. The van der Waals surface area contributed by atoms with E-state index in [-0.39, 0.29) is 5.91 Å². The van der Waals surface area contributed by atoms with E-state index in [0.29, 0.717) is 53.3 Å². The van der Waals surface area contributed by atoms with Crippen LogP contribution < -0.4 is 19.5 Å². The van der Waals surface area contributed by atoms with Gasteiger partial charge in [-0.15, -0.1) is 0 Å². The van der Waals surface area contributed by atoms with Crippen LogP contribution in [0, 0.1) is 0 Å². The lowest BCUT2D eigenvalue weighted by Crippen LogP contribution is -2.12. The SMILES string of the molecule is O=C(Nc1cc2c(cc1Cl)OCCCO2)c1cccc(OCc2ccccc2)c1. The van der Waals surface area contributed by atoms with Gasteiger partial charge in [-0.2, -0.15) is 0 Å². The van der Waals surface area contributed by atoms with Crippen LogP contribution in [0.1, 0.15) is 22.3 Å². The summed E-state index contributed by atoms with van der Waals surface area (Å²) in [5, 5.41) is 3.22. The number of ether oxygens (including phenoxy) is 3. The minimum Gasteiger partial charge on any atom is -0.490 e. The van der Waals surface area contributed by atoms with Crippen LogP contribution in [0.2, 0.25) is 5.02 Å². The van der Waals surface area contributed by atoms with E-state index in [1.807, 2.05) is 36.4 Å². The molecule has 1 N–H and O–H groups in total. The standard InChI is InChI=1S/C23H20ClNO4/c24-19-13-21-22(28-11-5-10-27-21)14-20(19)25-23(26)17-8-4-9-18(12-17)29-15-16-6-2-1-3-7-16/h1-4,6-9,12-14H,5,10-11,15H2,(H,25,26). The number of hydrogen-bond acceptors (Lipinski definition) is 4. The van der Waals surface area contributed by atoms with Gasteiger partial charge >= 0.3 is 0 Å². The molecule has 0 aliphatic carbocycles. The average molecular weight is 410 g/mol. The van der Waals surface area contributed by atoms with Crippen LogP contribution in [0.3, 0.4) is 0 Å². The molecule has 1 aliphatic rings. The van der Waals surface area contributed by atoms with Crippen molar-refractivity contribution in [3.63, 3.8) is 0 Å². The highest BCUT2D eigenvalue weighted by Gasteiger charge is 2.16. The zero-order valence-corrected chi connectivity index (χ0v) is 16.4. The smallest absolute Gasteiger partial charge is 0.255 e. The van der Waals surface area contributed by atoms with Gasteiger partial charge in [-0.1, -0.05) is 48.0 Å². The fourth-order valence-corrected chi connectivity index (χ4v) is 3.14. The number of hydrogen-bond donors (Lipinski definition) is 1. The number of rotatable bonds is 5. The molecule has 148 valence electrons. The van der Waals surface area contributed by atoms with Gasteiger partial charge in [-0.05, 0) is 23.8 Å². The number of benzene rings is 3.